The topological polar surface area (TPSA) is 70.0 Å². The van der Waals surface area contributed by atoms with E-state index in [9.17, 15) is 8.42 Å². The van der Waals surface area contributed by atoms with Crippen molar-refractivity contribution in [2.45, 2.75) is 24.7 Å². The smallest absolute Gasteiger partial charge is 0.179 e. The van der Waals surface area contributed by atoms with Gasteiger partial charge in [-0.05, 0) is 42.5 Å². The van der Waals surface area contributed by atoms with Crippen LogP contribution >= 0.6 is 0 Å². The Hall–Kier alpha value is -1.38. The third-order valence-electron chi connectivity index (χ3n) is 3.55. The Morgan fingerprint density at radius 3 is 2.47 bits per heavy atom. The summed E-state index contributed by atoms with van der Waals surface area (Å²) < 4.78 is 24.1. The number of nitriles is 1. The van der Waals surface area contributed by atoms with Gasteiger partial charge in [0.2, 0.25) is 0 Å². The number of nitrogens with one attached hydrogen (secondary N) is 1. The third kappa shape index (κ3) is 3.79. The van der Waals surface area contributed by atoms with Crippen LogP contribution in [-0.2, 0) is 9.84 Å². The molecule has 102 valence electrons. The summed E-state index contributed by atoms with van der Waals surface area (Å²) in [6, 6.07) is 8.03. The molecular weight excluding hydrogens is 260 g/mol. The molecule has 0 unspecified atom stereocenters. The van der Waals surface area contributed by atoms with Gasteiger partial charge in [-0.15, -0.1) is 0 Å². The van der Waals surface area contributed by atoms with Crippen molar-refractivity contribution in [1.29, 1.82) is 5.26 Å². The number of hydrogen-bond acceptors (Lipinski definition) is 4. The molecule has 0 atom stereocenters. The maximum absolute atomic E-state index is 12.0. The van der Waals surface area contributed by atoms with Crippen molar-refractivity contribution in [3.8, 4) is 6.07 Å². The van der Waals surface area contributed by atoms with E-state index >= 15 is 0 Å². The van der Waals surface area contributed by atoms with Crippen LogP contribution in [-0.4, -0.2) is 27.3 Å². The van der Waals surface area contributed by atoms with Crippen LogP contribution in [0.5, 0.6) is 0 Å². The Balaban J connectivity index is 1.88. The lowest BCUT2D eigenvalue weighted by Gasteiger charge is -2.10. The molecule has 1 aliphatic rings. The first kappa shape index (κ1) is 14.0. The van der Waals surface area contributed by atoms with Crippen LogP contribution in [0.25, 0.3) is 0 Å². The molecule has 2 rings (SSSR count). The van der Waals surface area contributed by atoms with Crippen molar-refractivity contribution >= 4 is 9.84 Å². The van der Waals surface area contributed by atoms with Gasteiger partial charge >= 0.3 is 0 Å². The van der Waals surface area contributed by atoms with Gasteiger partial charge in [-0.2, -0.15) is 5.26 Å². The van der Waals surface area contributed by atoms with Gasteiger partial charge in [-0.1, -0.05) is 6.92 Å². The van der Waals surface area contributed by atoms with Gasteiger partial charge in [0.1, 0.15) is 0 Å². The van der Waals surface area contributed by atoms with E-state index in [0.717, 1.165) is 6.54 Å². The lowest BCUT2D eigenvalue weighted by Crippen LogP contribution is -2.27. The van der Waals surface area contributed by atoms with Gasteiger partial charge in [0, 0.05) is 13.1 Å². The van der Waals surface area contributed by atoms with Crippen LogP contribution in [0.4, 0.5) is 0 Å². The minimum atomic E-state index is -3.25. The SMILES string of the molecule is CC1(CNCCS(=O)(=O)c2ccc(C#N)cc2)CC1. The lowest BCUT2D eigenvalue weighted by molar-refractivity contribution is 0.508. The molecule has 19 heavy (non-hydrogen) atoms. The second-order valence-electron chi connectivity index (χ2n) is 5.44. The molecule has 1 aromatic carbocycles. The van der Waals surface area contributed by atoms with Gasteiger partial charge in [-0.25, -0.2) is 8.42 Å². The maximum Gasteiger partial charge on any atom is 0.179 e. The number of benzene rings is 1. The summed E-state index contributed by atoms with van der Waals surface area (Å²) in [6.07, 6.45) is 2.45. The zero-order chi connectivity index (χ0) is 13.9. The molecule has 0 radical (unpaired) electrons. The molecule has 5 heteroatoms. The Morgan fingerprint density at radius 1 is 1.32 bits per heavy atom. The van der Waals surface area contributed by atoms with Crippen LogP contribution in [0.1, 0.15) is 25.3 Å². The fourth-order valence-corrected chi connectivity index (χ4v) is 3.04. The van der Waals surface area contributed by atoms with Crippen molar-refractivity contribution in [3.63, 3.8) is 0 Å². The van der Waals surface area contributed by atoms with Crippen LogP contribution in [0.15, 0.2) is 29.2 Å². The monoisotopic (exact) mass is 278 g/mol. The summed E-state index contributed by atoms with van der Waals surface area (Å²) in [5, 5.41) is 11.9. The summed E-state index contributed by atoms with van der Waals surface area (Å²) in [5.41, 5.74) is 0.858. The van der Waals surface area contributed by atoms with Crippen molar-refractivity contribution in [2.24, 2.45) is 5.41 Å². The molecule has 0 spiro atoms. The predicted octanol–water partition coefficient (Wildman–Crippen LogP) is 1.72. The van der Waals surface area contributed by atoms with Gasteiger partial charge in [0.25, 0.3) is 0 Å². The summed E-state index contributed by atoms with van der Waals surface area (Å²) in [4.78, 5) is 0.283. The number of nitrogens with zero attached hydrogens (tertiary/aromatic N) is 1. The maximum atomic E-state index is 12.0. The summed E-state index contributed by atoms with van der Waals surface area (Å²) in [7, 11) is -3.25. The zero-order valence-electron chi connectivity index (χ0n) is 11.0. The van der Waals surface area contributed by atoms with E-state index in [0.29, 0.717) is 17.5 Å². The molecule has 1 aliphatic carbocycles. The predicted molar refractivity (Wildman–Crippen MR) is 73.4 cm³/mol. The van der Waals surface area contributed by atoms with E-state index in [4.69, 9.17) is 5.26 Å². The highest BCUT2D eigenvalue weighted by Crippen LogP contribution is 2.43. The molecule has 0 aromatic heterocycles. The fraction of sp³-hybridized carbons (Fsp3) is 0.500. The minimum absolute atomic E-state index is 0.0922. The first-order chi connectivity index (χ1) is 8.95. The zero-order valence-corrected chi connectivity index (χ0v) is 11.8. The lowest BCUT2D eigenvalue weighted by atomic mass is 10.1. The highest BCUT2D eigenvalue weighted by atomic mass is 32.2. The molecule has 1 fully saturated rings. The van der Waals surface area contributed by atoms with Crippen LogP contribution < -0.4 is 5.32 Å². The molecule has 0 heterocycles. The minimum Gasteiger partial charge on any atom is -0.315 e. The van der Waals surface area contributed by atoms with Gasteiger partial charge < -0.3 is 5.32 Å². The second kappa shape index (κ2) is 5.32. The summed E-state index contributed by atoms with van der Waals surface area (Å²) in [5.74, 6) is 0.0922. The standard InChI is InChI=1S/C14H18N2O2S/c1-14(6-7-14)11-16-8-9-19(17,18)13-4-2-12(10-15)3-5-13/h2-5,16H,6-9,11H2,1H3. The van der Waals surface area contributed by atoms with E-state index < -0.39 is 9.84 Å². The molecule has 0 amide bonds. The Labute approximate surface area is 114 Å². The molecular formula is C14H18N2O2S. The fourth-order valence-electron chi connectivity index (χ4n) is 1.84. The van der Waals surface area contributed by atoms with Crippen molar-refractivity contribution in [3.05, 3.63) is 29.8 Å². The average Bonchev–Trinajstić information content (AvgIpc) is 3.13. The van der Waals surface area contributed by atoms with Crippen LogP contribution in [0, 0.1) is 16.7 Å². The van der Waals surface area contributed by atoms with E-state index in [-0.39, 0.29) is 10.6 Å². The molecule has 0 saturated heterocycles. The van der Waals surface area contributed by atoms with E-state index in [2.05, 4.69) is 12.2 Å². The molecule has 1 aromatic rings. The molecule has 0 aliphatic heterocycles. The average molecular weight is 278 g/mol. The summed E-state index contributed by atoms with van der Waals surface area (Å²) in [6.45, 7) is 3.56. The van der Waals surface area contributed by atoms with Crippen LogP contribution in [0.2, 0.25) is 0 Å². The first-order valence-electron chi connectivity index (χ1n) is 6.39. The Kier molecular flexibility index (Phi) is 3.93. The van der Waals surface area contributed by atoms with Crippen molar-refractivity contribution in [1.82, 2.24) is 5.32 Å². The van der Waals surface area contributed by atoms with Crippen molar-refractivity contribution in [2.75, 3.05) is 18.8 Å². The second-order valence-corrected chi connectivity index (χ2v) is 7.55. The number of rotatable bonds is 6. The van der Waals surface area contributed by atoms with Gasteiger partial charge in [0.05, 0.1) is 22.3 Å². The van der Waals surface area contributed by atoms with Crippen molar-refractivity contribution < 1.29 is 8.42 Å². The van der Waals surface area contributed by atoms with Gasteiger partial charge in [0.15, 0.2) is 9.84 Å². The van der Waals surface area contributed by atoms with Crippen LogP contribution in [0.3, 0.4) is 0 Å². The Morgan fingerprint density at radius 2 is 1.95 bits per heavy atom. The highest BCUT2D eigenvalue weighted by Gasteiger charge is 2.36. The Bertz CT molecular complexity index is 581. The molecule has 0 bridgehead atoms. The molecule has 4 nitrogen and oxygen atoms in total. The normalized spacial score (nSPS) is 16.8. The first-order valence-corrected chi connectivity index (χ1v) is 8.04. The largest absolute Gasteiger partial charge is 0.315 e. The summed E-state index contributed by atoms with van der Waals surface area (Å²) >= 11 is 0. The highest BCUT2D eigenvalue weighted by molar-refractivity contribution is 7.91. The third-order valence-corrected chi connectivity index (χ3v) is 5.28. The number of sulfone groups is 1. The van der Waals surface area contributed by atoms with E-state index in [1.807, 2.05) is 6.07 Å². The molecule has 1 N–H and O–H groups in total. The van der Waals surface area contributed by atoms with E-state index in [1.165, 1.54) is 37.1 Å². The van der Waals surface area contributed by atoms with E-state index in [1.54, 1.807) is 0 Å². The number of hydrogen-bond donors (Lipinski definition) is 1. The van der Waals surface area contributed by atoms with Gasteiger partial charge in [-0.3, -0.25) is 0 Å². The molecule has 1 saturated carbocycles. The quantitative estimate of drug-likeness (QED) is 0.804.